The van der Waals surface area contributed by atoms with E-state index in [1.807, 2.05) is 53.8 Å². The smallest absolute Gasteiger partial charge is 0.136 e. The quantitative estimate of drug-likeness (QED) is 0.229. The van der Waals surface area contributed by atoms with Gasteiger partial charge in [-0.1, -0.05) is 84.9 Å². The number of nitriles is 1. The summed E-state index contributed by atoms with van der Waals surface area (Å²) in [5.41, 5.74) is 8.45. The van der Waals surface area contributed by atoms with Crippen LogP contribution >= 0.6 is 11.3 Å². The maximum atomic E-state index is 10.4. The zero-order chi connectivity index (χ0) is 26.6. The molecule has 8 aromatic rings. The van der Waals surface area contributed by atoms with E-state index in [0.29, 0.717) is 5.56 Å². The van der Waals surface area contributed by atoms with Crippen molar-refractivity contribution in [2.45, 2.75) is 0 Å². The second-order valence-corrected chi connectivity index (χ2v) is 11.1. The van der Waals surface area contributed by atoms with E-state index in [2.05, 4.69) is 91.0 Å². The highest BCUT2D eigenvalue weighted by Gasteiger charge is 2.18. The number of hydrogen-bond donors (Lipinski definition) is 0. The summed E-state index contributed by atoms with van der Waals surface area (Å²) < 4.78 is 8.74. The van der Waals surface area contributed by atoms with E-state index >= 15 is 0 Å². The fraction of sp³-hybridized carbons (Fsp3) is 0. The van der Waals surface area contributed by atoms with Gasteiger partial charge >= 0.3 is 0 Å². The monoisotopic (exact) mass is 527 g/mol. The van der Waals surface area contributed by atoms with Gasteiger partial charge in [0.25, 0.3) is 0 Å². The molecule has 2 nitrogen and oxygen atoms in total. The van der Waals surface area contributed by atoms with E-state index in [-0.39, 0.29) is 0 Å². The largest absolute Gasteiger partial charge is 0.456 e. The molecule has 6 aromatic carbocycles. The van der Waals surface area contributed by atoms with Gasteiger partial charge in [0.2, 0.25) is 0 Å². The maximum Gasteiger partial charge on any atom is 0.136 e. The van der Waals surface area contributed by atoms with Gasteiger partial charge in [-0.05, 0) is 70.3 Å². The number of rotatable bonds is 3. The molecule has 0 aliphatic heterocycles. The molecule has 2 heterocycles. The van der Waals surface area contributed by atoms with Gasteiger partial charge in [0.05, 0.1) is 11.6 Å². The minimum atomic E-state index is 0.642. The first-order valence-electron chi connectivity index (χ1n) is 13.2. The Hall–Kier alpha value is -5.17. The molecule has 2 aromatic heterocycles. The van der Waals surface area contributed by atoms with E-state index in [1.165, 1.54) is 20.2 Å². The molecular formula is C37H21NOS. The third-order valence-electron chi connectivity index (χ3n) is 7.72. The molecule has 8 rings (SSSR count). The van der Waals surface area contributed by atoms with Crippen LogP contribution in [0.2, 0.25) is 0 Å². The lowest BCUT2D eigenvalue weighted by Gasteiger charge is -2.15. The normalized spacial score (nSPS) is 11.5. The van der Waals surface area contributed by atoms with Crippen LogP contribution in [0.4, 0.5) is 0 Å². The number of thiophene rings is 1. The zero-order valence-corrected chi connectivity index (χ0v) is 22.2. The third-order valence-corrected chi connectivity index (χ3v) is 8.86. The van der Waals surface area contributed by atoms with Crippen LogP contribution in [-0.4, -0.2) is 0 Å². The lowest BCUT2D eigenvalue weighted by Crippen LogP contribution is -1.93. The van der Waals surface area contributed by atoms with Crippen LogP contribution in [0, 0.1) is 11.3 Å². The van der Waals surface area contributed by atoms with Crippen molar-refractivity contribution in [3.05, 3.63) is 133 Å². The Morgan fingerprint density at radius 2 is 1.20 bits per heavy atom. The fourth-order valence-electron chi connectivity index (χ4n) is 5.84. The minimum Gasteiger partial charge on any atom is -0.456 e. The molecular weight excluding hydrogens is 506 g/mol. The van der Waals surface area contributed by atoms with E-state index < -0.39 is 0 Å². The van der Waals surface area contributed by atoms with Gasteiger partial charge in [-0.2, -0.15) is 5.26 Å². The molecule has 0 bridgehead atoms. The van der Waals surface area contributed by atoms with E-state index in [4.69, 9.17) is 4.42 Å². The summed E-state index contributed by atoms with van der Waals surface area (Å²) in [5.74, 6) is 0. The molecule has 0 saturated heterocycles. The molecule has 3 heteroatoms. The molecule has 0 saturated carbocycles. The molecule has 0 aliphatic rings. The molecule has 0 amide bonds. The van der Waals surface area contributed by atoms with Crippen LogP contribution in [0.15, 0.2) is 132 Å². The minimum absolute atomic E-state index is 0.642. The second kappa shape index (κ2) is 8.95. The van der Waals surface area contributed by atoms with Crippen molar-refractivity contribution in [3.8, 4) is 39.4 Å². The second-order valence-electron chi connectivity index (χ2n) is 10.0. The number of nitrogens with zero attached hydrogens (tertiary/aromatic N) is 1. The first-order valence-corrected chi connectivity index (χ1v) is 14.1. The van der Waals surface area contributed by atoms with Crippen molar-refractivity contribution < 1.29 is 4.42 Å². The highest BCUT2D eigenvalue weighted by Crippen LogP contribution is 2.42. The van der Waals surface area contributed by atoms with Crippen molar-refractivity contribution in [2.24, 2.45) is 0 Å². The number of para-hydroxylation sites is 1. The Balaban J connectivity index is 1.36. The molecule has 0 atom stereocenters. The summed E-state index contributed by atoms with van der Waals surface area (Å²) in [5, 5.41) is 15.2. The van der Waals surface area contributed by atoms with Crippen LogP contribution in [-0.2, 0) is 0 Å². The van der Waals surface area contributed by atoms with E-state index in [9.17, 15) is 5.26 Å². The average Bonchev–Trinajstić information content (AvgIpc) is 3.58. The topological polar surface area (TPSA) is 36.9 Å². The Labute approximate surface area is 235 Å². The summed E-state index contributed by atoms with van der Waals surface area (Å²) in [6.45, 7) is 0. The molecule has 0 aliphatic carbocycles. The predicted octanol–water partition coefficient (Wildman–Crippen LogP) is 10.8. The number of fused-ring (bicyclic) bond motifs is 6. The maximum absolute atomic E-state index is 10.4. The van der Waals surface area contributed by atoms with Crippen molar-refractivity contribution in [1.82, 2.24) is 0 Å². The molecule has 0 N–H and O–H groups in total. The van der Waals surface area contributed by atoms with Crippen LogP contribution < -0.4 is 0 Å². The molecule has 0 radical (unpaired) electrons. The van der Waals surface area contributed by atoms with Crippen molar-refractivity contribution >= 4 is 53.4 Å². The third kappa shape index (κ3) is 3.55. The number of hydrogen-bond acceptors (Lipinski definition) is 3. The Kier molecular flexibility index (Phi) is 5.10. The highest BCUT2D eigenvalue weighted by atomic mass is 32.1. The van der Waals surface area contributed by atoms with Gasteiger partial charge < -0.3 is 4.42 Å². The van der Waals surface area contributed by atoms with Crippen molar-refractivity contribution in [2.75, 3.05) is 0 Å². The summed E-state index contributed by atoms with van der Waals surface area (Å²) in [7, 11) is 0. The average molecular weight is 528 g/mol. The number of furan rings is 1. The van der Waals surface area contributed by atoms with Crippen molar-refractivity contribution in [1.29, 1.82) is 5.26 Å². The molecule has 40 heavy (non-hydrogen) atoms. The van der Waals surface area contributed by atoms with Gasteiger partial charge in [-0.25, -0.2) is 0 Å². The first kappa shape index (κ1) is 22.8. The van der Waals surface area contributed by atoms with Crippen LogP contribution in [0.1, 0.15) is 5.56 Å². The molecule has 186 valence electrons. The summed E-state index contributed by atoms with van der Waals surface area (Å²) in [4.78, 5) is 0. The van der Waals surface area contributed by atoms with E-state index in [1.54, 1.807) is 0 Å². The molecule has 0 fully saturated rings. The Morgan fingerprint density at radius 3 is 2.08 bits per heavy atom. The SMILES string of the molecule is N#Cc1cc(-c2ccc3c(c2)sc2ccccc23)cc(-c2ccccc2)c1-c1ccc2c(c1)oc1ccccc12. The Morgan fingerprint density at radius 1 is 0.500 bits per heavy atom. The number of benzene rings is 6. The van der Waals surface area contributed by atoms with Gasteiger partial charge in [0, 0.05) is 36.5 Å². The lowest BCUT2D eigenvalue weighted by atomic mass is 9.87. The van der Waals surface area contributed by atoms with Crippen LogP contribution in [0.5, 0.6) is 0 Å². The lowest BCUT2D eigenvalue weighted by molar-refractivity contribution is 0.669. The van der Waals surface area contributed by atoms with Crippen molar-refractivity contribution in [3.63, 3.8) is 0 Å². The Bertz CT molecular complexity index is 2280. The molecule has 0 spiro atoms. The molecule has 0 unspecified atom stereocenters. The van der Waals surface area contributed by atoms with Gasteiger partial charge in [-0.15, -0.1) is 11.3 Å². The van der Waals surface area contributed by atoms with Gasteiger partial charge in [0.1, 0.15) is 11.2 Å². The standard InChI is InChI=1S/C37H21NOS/c38-22-27-18-26(24-14-17-31-30-11-5-7-13-35(30)40-36(31)21-24)19-32(23-8-2-1-3-9-23)37(27)25-15-16-29-28-10-4-6-12-33(28)39-34(29)20-25/h1-21H. The summed E-state index contributed by atoms with van der Waals surface area (Å²) >= 11 is 1.81. The highest BCUT2D eigenvalue weighted by molar-refractivity contribution is 7.25. The van der Waals surface area contributed by atoms with Crippen LogP contribution in [0.3, 0.4) is 0 Å². The van der Waals surface area contributed by atoms with E-state index in [0.717, 1.165) is 55.3 Å². The van der Waals surface area contributed by atoms with Gasteiger partial charge in [-0.3, -0.25) is 0 Å². The fourth-order valence-corrected chi connectivity index (χ4v) is 6.99. The van der Waals surface area contributed by atoms with Crippen LogP contribution in [0.25, 0.3) is 75.5 Å². The van der Waals surface area contributed by atoms with Gasteiger partial charge in [0.15, 0.2) is 0 Å². The summed E-state index contributed by atoms with van der Waals surface area (Å²) in [6.07, 6.45) is 0. The predicted molar refractivity (Wildman–Crippen MR) is 168 cm³/mol. The zero-order valence-electron chi connectivity index (χ0n) is 21.4. The summed E-state index contributed by atoms with van der Waals surface area (Å²) in [6, 6.07) is 46.7. The first-order chi connectivity index (χ1) is 19.8.